The van der Waals surface area contributed by atoms with E-state index in [2.05, 4.69) is 0 Å². The van der Waals surface area contributed by atoms with E-state index in [9.17, 15) is 24.0 Å². The number of hydrogen-bond donors (Lipinski definition) is 2. The zero-order chi connectivity index (χ0) is 31.9. The lowest BCUT2D eigenvalue weighted by Crippen LogP contribution is -2.52. The molecule has 0 aromatic heterocycles. The van der Waals surface area contributed by atoms with Gasteiger partial charge < -0.3 is 29.6 Å². The van der Waals surface area contributed by atoms with E-state index in [1.807, 2.05) is 0 Å². The van der Waals surface area contributed by atoms with Crippen molar-refractivity contribution < 1.29 is 42.9 Å². The minimum absolute atomic E-state index is 0.0209. The molecule has 43 heavy (non-hydrogen) atoms. The van der Waals surface area contributed by atoms with Crippen LogP contribution in [0.1, 0.15) is 62.0 Å². The summed E-state index contributed by atoms with van der Waals surface area (Å²) >= 11 is 0. The molecule has 2 rings (SSSR count). The maximum atomic E-state index is 13.6. The van der Waals surface area contributed by atoms with E-state index < -0.39 is 35.8 Å². The predicted octanol–water partition coefficient (Wildman–Crippen LogP) is 3.26. The molecule has 0 aliphatic rings. The van der Waals surface area contributed by atoms with Crippen LogP contribution in [0.3, 0.4) is 0 Å². The highest BCUT2D eigenvalue weighted by atomic mass is 16.6. The molecule has 230 valence electrons. The van der Waals surface area contributed by atoms with Crippen molar-refractivity contribution in [2.75, 3.05) is 26.4 Å². The van der Waals surface area contributed by atoms with Crippen molar-refractivity contribution in [2.45, 2.75) is 46.6 Å². The Balaban J connectivity index is 2.26. The van der Waals surface area contributed by atoms with Crippen LogP contribution in [0.5, 0.6) is 5.75 Å². The Bertz CT molecular complexity index is 1320. The molecule has 1 amide bonds. The monoisotopic (exact) mass is 595 g/mol. The van der Waals surface area contributed by atoms with Crippen molar-refractivity contribution in [1.29, 1.82) is 5.41 Å². The molecule has 0 unspecified atom stereocenters. The number of benzene rings is 2. The SMILES string of the molecule is CCOC(=O)CCCN(C(=O)C(C)=Cc1ccc(C(=O)Oc2ccc(C(=N)N)cc2)cc1)C(C(=O)OCC)C(=O)OCC. The number of amidine groups is 1. The third-order valence-corrected chi connectivity index (χ3v) is 5.92. The fourth-order valence-electron chi connectivity index (χ4n) is 3.89. The molecule has 12 nitrogen and oxygen atoms in total. The maximum absolute atomic E-state index is 13.6. The minimum atomic E-state index is -1.67. The van der Waals surface area contributed by atoms with Crippen LogP contribution in [0.4, 0.5) is 0 Å². The lowest BCUT2D eigenvalue weighted by atomic mass is 10.1. The number of amides is 1. The third-order valence-electron chi connectivity index (χ3n) is 5.92. The van der Waals surface area contributed by atoms with Gasteiger partial charge in [0.25, 0.3) is 5.91 Å². The van der Waals surface area contributed by atoms with Crippen molar-refractivity contribution >= 4 is 41.7 Å². The number of rotatable bonds is 15. The molecule has 2 aromatic rings. The molecule has 0 atom stereocenters. The van der Waals surface area contributed by atoms with E-state index in [4.69, 9.17) is 30.1 Å². The first-order valence-electron chi connectivity index (χ1n) is 13.8. The Morgan fingerprint density at radius 2 is 1.37 bits per heavy atom. The van der Waals surface area contributed by atoms with Gasteiger partial charge in [-0.1, -0.05) is 12.1 Å². The first kappa shape index (κ1) is 34.2. The van der Waals surface area contributed by atoms with Crippen LogP contribution in [0.25, 0.3) is 6.08 Å². The first-order valence-corrected chi connectivity index (χ1v) is 13.8. The Morgan fingerprint density at radius 3 is 1.88 bits per heavy atom. The number of nitrogen functional groups attached to an aromatic ring is 1. The van der Waals surface area contributed by atoms with Crippen LogP contribution in [0.15, 0.2) is 54.1 Å². The predicted molar refractivity (Wildman–Crippen MR) is 157 cm³/mol. The highest BCUT2D eigenvalue weighted by molar-refractivity contribution is 6.06. The molecule has 3 N–H and O–H groups in total. The Hall–Kier alpha value is -5.00. The summed E-state index contributed by atoms with van der Waals surface area (Å²) in [6.45, 7) is 6.36. The largest absolute Gasteiger partial charge is 0.466 e. The van der Waals surface area contributed by atoms with Gasteiger partial charge in [0, 0.05) is 24.1 Å². The summed E-state index contributed by atoms with van der Waals surface area (Å²) < 4.78 is 20.4. The topological polar surface area (TPSA) is 175 Å². The quantitative estimate of drug-likeness (QED) is 0.0591. The molecule has 0 bridgehead atoms. The van der Waals surface area contributed by atoms with Gasteiger partial charge in [0.15, 0.2) is 0 Å². The average molecular weight is 596 g/mol. The number of hydrogen-bond acceptors (Lipinski definition) is 10. The first-order chi connectivity index (χ1) is 20.5. The molecule has 0 aliphatic heterocycles. The van der Waals surface area contributed by atoms with Gasteiger partial charge in [-0.3, -0.25) is 15.0 Å². The van der Waals surface area contributed by atoms with E-state index >= 15 is 0 Å². The maximum Gasteiger partial charge on any atom is 0.343 e. The Kier molecular flexibility index (Phi) is 13.6. The summed E-state index contributed by atoms with van der Waals surface area (Å²) in [6.07, 6.45) is 1.63. The average Bonchev–Trinajstić information content (AvgIpc) is 2.97. The smallest absolute Gasteiger partial charge is 0.343 e. The second kappa shape index (κ2) is 17.1. The minimum Gasteiger partial charge on any atom is -0.466 e. The molecule has 0 radical (unpaired) electrons. The molecule has 0 spiro atoms. The molecule has 0 fully saturated rings. The van der Waals surface area contributed by atoms with Crippen LogP contribution in [-0.4, -0.2) is 72.9 Å². The van der Waals surface area contributed by atoms with E-state index in [1.165, 1.54) is 37.3 Å². The fraction of sp³-hybridized carbons (Fsp3) is 0.355. The number of esters is 4. The van der Waals surface area contributed by atoms with Gasteiger partial charge in [-0.15, -0.1) is 0 Å². The second-order valence-corrected chi connectivity index (χ2v) is 9.09. The Morgan fingerprint density at radius 1 is 0.837 bits per heavy atom. The van der Waals surface area contributed by atoms with Gasteiger partial charge in [0.2, 0.25) is 6.04 Å². The molecular weight excluding hydrogens is 558 g/mol. The van der Waals surface area contributed by atoms with Crippen LogP contribution in [-0.2, 0) is 33.4 Å². The lowest BCUT2D eigenvalue weighted by Gasteiger charge is -2.29. The van der Waals surface area contributed by atoms with Crippen LogP contribution in [0, 0.1) is 5.41 Å². The van der Waals surface area contributed by atoms with Gasteiger partial charge in [-0.05, 0) is 82.2 Å². The van der Waals surface area contributed by atoms with E-state index in [0.29, 0.717) is 11.1 Å². The third kappa shape index (κ3) is 10.4. The molecule has 0 aliphatic carbocycles. The number of carbonyl (C=O) groups is 5. The molecule has 0 saturated carbocycles. The molecule has 0 saturated heterocycles. The number of nitrogens with two attached hydrogens (primary N) is 1. The number of nitrogens with zero attached hydrogens (tertiary/aromatic N) is 1. The summed E-state index contributed by atoms with van der Waals surface area (Å²) in [5, 5.41) is 7.44. The zero-order valence-corrected chi connectivity index (χ0v) is 24.7. The van der Waals surface area contributed by atoms with Gasteiger partial charge in [0.05, 0.1) is 25.4 Å². The zero-order valence-electron chi connectivity index (χ0n) is 24.7. The van der Waals surface area contributed by atoms with Gasteiger partial charge in [0.1, 0.15) is 11.6 Å². The summed E-state index contributed by atoms with van der Waals surface area (Å²) in [5.74, 6) is -3.45. The normalized spacial score (nSPS) is 11.0. The molecule has 0 heterocycles. The second-order valence-electron chi connectivity index (χ2n) is 9.09. The van der Waals surface area contributed by atoms with Crippen LogP contribution < -0.4 is 10.5 Å². The van der Waals surface area contributed by atoms with Crippen molar-refractivity contribution in [3.05, 3.63) is 70.8 Å². The van der Waals surface area contributed by atoms with Crippen LogP contribution in [0.2, 0.25) is 0 Å². The van der Waals surface area contributed by atoms with Gasteiger partial charge >= 0.3 is 23.9 Å². The standard InChI is InChI=1S/C31H37N3O9/c1-5-40-25(35)9-8-18-34(26(30(38)41-6-2)31(39)42-7-3)28(36)20(4)19-21-10-12-23(13-11-21)29(37)43-24-16-14-22(15-17-24)27(32)33/h10-17,19,26H,5-9,18H2,1-4H3,(H3,32,33). The number of nitrogens with one attached hydrogen (secondary N) is 1. The fourth-order valence-corrected chi connectivity index (χ4v) is 3.89. The van der Waals surface area contributed by atoms with Crippen molar-refractivity contribution in [2.24, 2.45) is 5.73 Å². The summed E-state index contributed by atoms with van der Waals surface area (Å²) in [7, 11) is 0. The highest BCUT2D eigenvalue weighted by Crippen LogP contribution is 2.18. The van der Waals surface area contributed by atoms with Crippen molar-refractivity contribution in [3.63, 3.8) is 0 Å². The highest BCUT2D eigenvalue weighted by Gasteiger charge is 2.38. The van der Waals surface area contributed by atoms with Crippen molar-refractivity contribution in [1.82, 2.24) is 4.90 Å². The van der Waals surface area contributed by atoms with Crippen molar-refractivity contribution in [3.8, 4) is 5.75 Å². The summed E-state index contributed by atoms with van der Waals surface area (Å²) in [4.78, 5) is 64.6. The van der Waals surface area contributed by atoms with E-state index in [-0.39, 0.29) is 61.9 Å². The van der Waals surface area contributed by atoms with Gasteiger partial charge in [-0.25, -0.2) is 14.4 Å². The lowest BCUT2D eigenvalue weighted by molar-refractivity contribution is -0.167. The van der Waals surface area contributed by atoms with Crippen LogP contribution >= 0.6 is 0 Å². The number of carbonyl (C=O) groups excluding carboxylic acids is 5. The molecule has 12 heteroatoms. The van der Waals surface area contributed by atoms with Gasteiger partial charge in [-0.2, -0.15) is 0 Å². The van der Waals surface area contributed by atoms with E-state index in [0.717, 1.165) is 4.90 Å². The Labute approximate surface area is 250 Å². The summed E-state index contributed by atoms with van der Waals surface area (Å²) in [6, 6.07) is 10.8. The number of ether oxygens (including phenoxy) is 4. The summed E-state index contributed by atoms with van der Waals surface area (Å²) in [5.41, 5.74) is 6.92. The molecule has 2 aromatic carbocycles. The van der Waals surface area contributed by atoms with E-state index in [1.54, 1.807) is 45.0 Å². The molecular formula is C31H37N3O9.